The number of Topliss-reactive ketones (excluding diaryl/α,β-unsaturated/α-hetero) is 1. The number of rotatable bonds is 3. The molecule has 1 heterocycles. The standard InChI is InChI=1S/C8H16N2O/c1-9-6-8(11)7-3-2-4-10-5-7/h7,9-10H,2-6H2,1H3. The van der Waals surface area contributed by atoms with E-state index < -0.39 is 0 Å². The van der Waals surface area contributed by atoms with Crippen LogP contribution < -0.4 is 10.6 Å². The normalized spacial score (nSPS) is 25.0. The number of likely N-dealkylation sites (N-methyl/N-ethyl adjacent to an activating group) is 1. The molecule has 64 valence electrons. The van der Waals surface area contributed by atoms with Crippen LogP contribution in [0, 0.1) is 5.92 Å². The average molecular weight is 156 g/mol. The number of nitrogens with one attached hydrogen (secondary N) is 2. The van der Waals surface area contributed by atoms with E-state index in [1.807, 2.05) is 7.05 Å². The Labute approximate surface area is 67.5 Å². The zero-order valence-electron chi connectivity index (χ0n) is 7.02. The predicted molar refractivity (Wildman–Crippen MR) is 44.5 cm³/mol. The van der Waals surface area contributed by atoms with Crippen molar-refractivity contribution < 1.29 is 4.79 Å². The number of hydrogen-bond acceptors (Lipinski definition) is 3. The summed E-state index contributed by atoms with van der Waals surface area (Å²) >= 11 is 0. The molecule has 1 fully saturated rings. The van der Waals surface area contributed by atoms with Gasteiger partial charge < -0.3 is 10.6 Å². The van der Waals surface area contributed by atoms with Crippen LogP contribution >= 0.6 is 0 Å². The van der Waals surface area contributed by atoms with Crippen molar-refractivity contribution in [3.63, 3.8) is 0 Å². The lowest BCUT2D eigenvalue weighted by molar-refractivity contribution is -0.122. The lowest BCUT2D eigenvalue weighted by Crippen LogP contribution is -2.37. The van der Waals surface area contributed by atoms with Gasteiger partial charge in [-0.15, -0.1) is 0 Å². The van der Waals surface area contributed by atoms with Crippen LogP contribution in [0.15, 0.2) is 0 Å². The SMILES string of the molecule is CNCC(=O)C1CCCNC1. The van der Waals surface area contributed by atoms with Gasteiger partial charge in [0.15, 0.2) is 5.78 Å². The molecule has 11 heavy (non-hydrogen) atoms. The van der Waals surface area contributed by atoms with E-state index in [1.165, 1.54) is 0 Å². The number of hydrogen-bond donors (Lipinski definition) is 2. The molecule has 0 saturated carbocycles. The van der Waals surface area contributed by atoms with Gasteiger partial charge in [-0.05, 0) is 26.4 Å². The molecule has 0 aromatic rings. The van der Waals surface area contributed by atoms with Gasteiger partial charge in [-0.2, -0.15) is 0 Å². The third-order valence-electron chi connectivity index (χ3n) is 2.10. The molecule has 0 amide bonds. The first-order chi connectivity index (χ1) is 5.34. The lowest BCUT2D eigenvalue weighted by atomic mass is 9.95. The maximum absolute atomic E-state index is 11.3. The fourth-order valence-electron chi connectivity index (χ4n) is 1.45. The van der Waals surface area contributed by atoms with Crippen LogP contribution in [0.2, 0.25) is 0 Å². The lowest BCUT2D eigenvalue weighted by Gasteiger charge is -2.21. The topological polar surface area (TPSA) is 41.1 Å². The Bertz CT molecular complexity index is 130. The zero-order chi connectivity index (χ0) is 8.10. The number of piperidine rings is 1. The molecule has 1 unspecified atom stereocenters. The van der Waals surface area contributed by atoms with E-state index in [0.717, 1.165) is 25.9 Å². The molecule has 0 aromatic heterocycles. The summed E-state index contributed by atoms with van der Waals surface area (Å²) in [6, 6.07) is 0. The summed E-state index contributed by atoms with van der Waals surface area (Å²) in [7, 11) is 1.81. The maximum atomic E-state index is 11.3. The van der Waals surface area contributed by atoms with Crippen LogP contribution in [-0.4, -0.2) is 32.5 Å². The van der Waals surface area contributed by atoms with Gasteiger partial charge in [0.1, 0.15) is 0 Å². The summed E-state index contributed by atoms with van der Waals surface area (Å²) < 4.78 is 0. The van der Waals surface area contributed by atoms with Gasteiger partial charge in [0.25, 0.3) is 0 Å². The quantitative estimate of drug-likeness (QED) is 0.593. The molecule has 3 nitrogen and oxygen atoms in total. The van der Waals surface area contributed by atoms with Crippen LogP contribution in [0.25, 0.3) is 0 Å². The third-order valence-corrected chi connectivity index (χ3v) is 2.10. The van der Waals surface area contributed by atoms with Crippen molar-refractivity contribution in [2.45, 2.75) is 12.8 Å². The number of carbonyl (C=O) groups excluding carboxylic acids is 1. The fraction of sp³-hybridized carbons (Fsp3) is 0.875. The first-order valence-corrected chi connectivity index (χ1v) is 4.22. The van der Waals surface area contributed by atoms with Crippen molar-refractivity contribution in [3.8, 4) is 0 Å². The zero-order valence-corrected chi connectivity index (χ0v) is 7.02. The molecule has 2 N–H and O–H groups in total. The monoisotopic (exact) mass is 156 g/mol. The Hall–Kier alpha value is -0.410. The Balaban J connectivity index is 2.27. The highest BCUT2D eigenvalue weighted by molar-refractivity contribution is 5.83. The fourth-order valence-corrected chi connectivity index (χ4v) is 1.45. The number of carbonyl (C=O) groups is 1. The molecular formula is C8H16N2O. The minimum absolute atomic E-state index is 0.260. The number of ketones is 1. The largest absolute Gasteiger partial charge is 0.316 e. The Morgan fingerprint density at radius 1 is 1.73 bits per heavy atom. The van der Waals surface area contributed by atoms with Gasteiger partial charge in [0.2, 0.25) is 0 Å². The maximum Gasteiger partial charge on any atom is 0.150 e. The third kappa shape index (κ3) is 2.60. The minimum atomic E-state index is 0.260. The summed E-state index contributed by atoms with van der Waals surface area (Å²) in [5, 5.41) is 6.11. The summed E-state index contributed by atoms with van der Waals surface area (Å²) in [6.07, 6.45) is 2.20. The molecule has 0 aliphatic carbocycles. The van der Waals surface area contributed by atoms with E-state index in [-0.39, 0.29) is 5.92 Å². The van der Waals surface area contributed by atoms with Crippen LogP contribution in [0.1, 0.15) is 12.8 Å². The Morgan fingerprint density at radius 2 is 2.55 bits per heavy atom. The van der Waals surface area contributed by atoms with Crippen LogP contribution in [0.5, 0.6) is 0 Å². The first kappa shape index (κ1) is 8.68. The smallest absolute Gasteiger partial charge is 0.150 e. The minimum Gasteiger partial charge on any atom is -0.316 e. The van der Waals surface area contributed by atoms with E-state index in [2.05, 4.69) is 10.6 Å². The molecule has 0 spiro atoms. The molecule has 0 bridgehead atoms. The van der Waals surface area contributed by atoms with Crippen LogP contribution in [-0.2, 0) is 4.79 Å². The van der Waals surface area contributed by atoms with E-state index in [9.17, 15) is 4.79 Å². The molecule has 3 heteroatoms. The highest BCUT2D eigenvalue weighted by Gasteiger charge is 2.19. The second-order valence-corrected chi connectivity index (χ2v) is 3.04. The van der Waals surface area contributed by atoms with Crippen molar-refractivity contribution in [3.05, 3.63) is 0 Å². The van der Waals surface area contributed by atoms with E-state index in [0.29, 0.717) is 12.3 Å². The molecule has 1 atom stereocenters. The van der Waals surface area contributed by atoms with Crippen LogP contribution in [0.4, 0.5) is 0 Å². The first-order valence-electron chi connectivity index (χ1n) is 4.22. The van der Waals surface area contributed by atoms with Crippen LogP contribution in [0.3, 0.4) is 0 Å². The molecule has 1 aliphatic heterocycles. The molecule has 0 radical (unpaired) electrons. The van der Waals surface area contributed by atoms with E-state index >= 15 is 0 Å². The predicted octanol–water partition coefficient (Wildman–Crippen LogP) is -0.225. The Kier molecular flexibility index (Phi) is 3.52. The van der Waals surface area contributed by atoms with Crippen molar-refractivity contribution in [2.24, 2.45) is 5.92 Å². The van der Waals surface area contributed by atoms with Gasteiger partial charge in [-0.1, -0.05) is 0 Å². The average Bonchev–Trinajstić information content (AvgIpc) is 2.07. The van der Waals surface area contributed by atoms with Crippen molar-refractivity contribution in [1.82, 2.24) is 10.6 Å². The van der Waals surface area contributed by atoms with Crippen molar-refractivity contribution in [2.75, 3.05) is 26.7 Å². The molecule has 1 rings (SSSR count). The van der Waals surface area contributed by atoms with Gasteiger partial charge >= 0.3 is 0 Å². The van der Waals surface area contributed by atoms with Crippen molar-refractivity contribution >= 4 is 5.78 Å². The summed E-state index contributed by atoms with van der Waals surface area (Å²) in [6.45, 7) is 2.47. The second kappa shape index (κ2) is 4.46. The molecule has 1 aliphatic rings. The van der Waals surface area contributed by atoms with E-state index in [4.69, 9.17) is 0 Å². The molecular weight excluding hydrogens is 140 g/mol. The van der Waals surface area contributed by atoms with Gasteiger partial charge in [0, 0.05) is 12.5 Å². The van der Waals surface area contributed by atoms with Crippen molar-refractivity contribution in [1.29, 1.82) is 0 Å². The molecule has 0 aromatic carbocycles. The highest BCUT2D eigenvalue weighted by atomic mass is 16.1. The van der Waals surface area contributed by atoms with Gasteiger partial charge in [-0.25, -0.2) is 0 Å². The Morgan fingerprint density at radius 3 is 3.09 bits per heavy atom. The summed E-state index contributed by atoms with van der Waals surface area (Å²) in [5.74, 6) is 0.607. The molecule has 1 saturated heterocycles. The van der Waals surface area contributed by atoms with Gasteiger partial charge in [0.05, 0.1) is 6.54 Å². The van der Waals surface area contributed by atoms with Gasteiger partial charge in [-0.3, -0.25) is 4.79 Å². The highest BCUT2D eigenvalue weighted by Crippen LogP contribution is 2.09. The second-order valence-electron chi connectivity index (χ2n) is 3.04. The summed E-state index contributed by atoms with van der Waals surface area (Å²) in [4.78, 5) is 11.3. The summed E-state index contributed by atoms with van der Waals surface area (Å²) in [5.41, 5.74) is 0. The van der Waals surface area contributed by atoms with E-state index in [1.54, 1.807) is 0 Å².